The maximum absolute atomic E-state index is 6.01. The molecule has 3 rings (SSSR count). The van der Waals surface area contributed by atoms with Gasteiger partial charge in [-0.3, -0.25) is 4.68 Å². The zero-order valence-electron chi connectivity index (χ0n) is 13.4. The van der Waals surface area contributed by atoms with Gasteiger partial charge in [0.15, 0.2) is 0 Å². The number of rotatable bonds is 6. The minimum atomic E-state index is 0.105. The molecular formula is C17H25N3O2. The van der Waals surface area contributed by atoms with E-state index in [1.165, 1.54) is 0 Å². The molecule has 5 nitrogen and oxygen atoms in total. The van der Waals surface area contributed by atoms with E-state index in [9.17, 15) is 0 Å². The third kappa shape index (κ3) is 3.78. The van der Waals surface area contributed by atoms with Crippen molar-refractivity contribution in [3.05, 3.63) is 42.1 Å². The summed E-state index contributed by atoms with van der Waals surface area (Å²) in [5.41, 5.74) is 1.16. The third-order valence-electron chi connectivity index (χ3n) is 4.28. The molecule has 3 atom stereocenters. The summed E-state index contributed by atoms with van der Waals surface area (Å²) < 4.78 is 13.2. The van der Waals surface area contributed by atoms with Crippen LogP contribution in [0.2, 0.25) is 0 Å². The van der Waals surface area contributed by atoms with Crippen LogP contribution < -0.4 is 5.32 Å². The molecule has 0 unspecified atom stereocenters. The molecule has 0 aromatic carbocycles. The summed E-state index contributed by atoms with van der Waals surface area (Å²) in [7, 11) is 1.95. The molecule has 5 heteroatoms. The Morgan fingerprint density at radius 1 is 1.50 bits per heavy atom. The summed E-state index contributed by atoms with van der Waals surface area (Å²) in [6.45, 7) is 3.07. The van der Waals surface area contributed by atoms with Gasteiger partial charge in [-0.05, 0) is 38.3 Å². The zero-order chi connectivity index (χ0) is 15.4. The molecule has 120 valence electrons. The van der Waals surface area contributed by atoms with E-state index in [2.05, 4.69) is 23.5 Å². The van der Waals surface area contributed by atoms with Gasteiger partial charge in [-0.25, -0.2) is 0 Å². The summed E-state index contributed by atoms with van der Waals surface area (Å²) in [6.07, 6.45) is 10.1. The number of ether oxygens (including phenoxy) is 1. The molecule has 0 radical (unpaired) electrons. The predicted octanol–water partition coefficient (Wildman–Crippen LogP) is 2.84. The quantitative estimate of drug-likeness (QED) is 0.891. The number of furan rings is 1. The Labute approximate surface area is 131 Å². The Hall–Kier alpha value is -1.59. The van der Waals surface area contributed by atoms with Crippen LogP contribution in [-0.4, -0.2) is 28.5 Å². The fraction of sp³-hybridized carbons (Fsp3) is 0.588. The zero-order valence-corrected chi connectivity index (χ0v) is 13.4. The van der Waals surface area contributed by atoms with Gasteiger partial charge in [-0.15, -0.1) is 0 Å². The fourth-order valence-electron chi connectivity index (χ4n) is 3.13. The van der Waals surface area contributed by atoms with Crippen LogP contribution >= 0.6 is 0 Å². The minimum absolute atomic E-state index is 0.105. The number of hydrogen-bond donors (Lipinski definition) is 1. The molecule has 1 aliphatic rings. The van der Waals surface area contributed by atoms with E-state index < -0.39 is 0 Å². The number of nitrogens with zero attached hydrogens (tertiary/aromatic N) is 2. The van der Waals surface area contributed by atoms with E-state index in [0.717, 1.165) is 43.6 Å². The summed E-state index contributed by atoms with van der Waals surface area (Å²) in [6, 6.07) is 4.76. The lowest BCUT2D eigenvalue weighted by Gasteiger charge is -2.34. The van der Waals surface area contributed by atoms with E-state index in [-0.39, 0.29) is 6.10 Å². The van der Waals surface area contributed by atoms with Crippen LogP contribution in [0, 0.1) is 0 Å². The lowest BCUT2D eigenvalue weighted by Crippen LogP contribution is -2.43. The monoisotopic (exact) mass is 303 g/mol. The first-order valence-corrected chi connectivity index (χ1v) is 8.11. The van der Waals surface area contributed by atoms with Crippen molar-refractivity contribution in [3.8, 4) is 0 Å². The Morgan fingerprint density at radius 2 is 2.41 bits per heavy atom. The van der Waals surface area contributed by atoms with Gasteiger partial charge in [0.25, 0.3) is 0 Å². The first kappa shape index (κ1) is 15.3. The van der Waals surface area contributed by atoms with Crippen molar-refractivity contribution in [3.63, 3.8) is 0 Å². The van der Waals surface area contributed by atoms with E-state index >= 15 is 0 Å². The molecule has 1 N–H and O–H groups in total. The Kier molecular flexibility index (Phi) is 4.95. The minimum Gasteiger partial charge on any atom is -0.469 e. The summed E-state index contributed by atoms with van der Waals surface area (Å²) in [4.78, 5) is 0. The molecule has 0 aliphatic carbocycles. The van der Waals surface area contributed by atoms with Crippen molar-refractivity contribution in [1.29, 1.82) is 0 Å². The van der Waals surface area contributed by atoms with Crippen LogP contribution in [0.5, 0.6) is 0 Å². The molecule has 2 aromatic heterocycles. The van der Waals surface area contributed by atoms with Crippen LogP contribution in [0.25, 0.3) is 0 Å². The topological polar surface area (TPSA) is 52.2 Å². The first-order valence-electron chi connectivity index (χ1n) is 8.11. The van der Waals surface area contributed by atoms with Gasteiger partial charge < -0.3 is 14.5 Å². The second-order valence-corrected chi connectivity index (χ2v) is 6.17. The normalized spacial score (nSPS) is 23.5. The largest absolute Gasteiger partial charge is 0.469 e. The van der Waals surface area contributed by atoms with Gasteiger partial charge in [0.1, 0.15) is 11.9 Å². The second-order valence-electron chi connectivity index (χ2n) is 6.17. The lowest BCUT2D eigenvalue weighted by molar-refractivity contribution is -0.0136. The van der Waals surface area contributed by atoms with Gasteiger partial charge in [-0.2, -0.15) is 5.10 Å². The Bertz CT molecular complexity index is 564. The van der Waals surface area contributed by atoms with Crippen molar-refractivity contribution in [2.24, 2.45) is 7.05 Å². The maximum atomic E-state index is 6.01. The van der Waals surface area contributed by atoms with E-state index in [1.807, 2.05) is 30.1 Å². The Balaban J connectivity index is 1.56. The van der Waals surface area contributed by atoms with Crippen LogP contribution in [-0.2, 0) is 18.2 Å². The van der Waals surface area contributed by atoms with Gasteiger partial charge in [0.05, 0.1) is 12.5 Å². The molecular weight excluding hydrogens is 278 g/mol. The molecule has 1 saturated heterocycles. The molecule has 1 aliphatic heterocycles. The number of aryl methyl sites for hydroxylation is 2. The average Bonchev–Trinajstić information content (AvgIpc) is 3.17. The highest BCUT2D eigenvalue weighted by atomic mass is 16.5. The van der Waals surface area contributed by atoms with Crippen molar-refractivity contribution < 1.29 is 9.15 Å². The smallest absolute Gasteiger partial charge is 0.103 e. The number of hydrogen-bond acceptors (Lipinski definition) is 4. The summed E-state index contributed by atoms with van der Waals surface area (Å²) in [5.74, 6) is 1.05. The molecule has 0 saturated carbocycles. The van der Waals surface area contributed by atoms with Crippen LogP contribution in [0.15, 0.2) is 35.2 Å². The van der Waals surface area contributed by atoms with Crippen molar-refractivity contribution in [2.75, 3.05) is 6.61 Å². The highest BCUT2D eigenvalue weighted by Crippen LogP contribution is 2.28. The molecule has 0 amide bonds. The molecule has 2 aromatic rings. The lowest BCUT2D eigenvalue weighted by atomic mass is 9.96. The van der Waals surface area contributed by atoms with E-state index in [0.29, 0.717) is 12.1 Å². The van der Waals surface area contributed by atoms with Crippen LogP contribution in [0.1, 0.15) is 43.6 Å². The number of nitrogens with one attached hydrogen (secondary N) is 1. The van der Waals surface area contributed by atoms with Crippen molar-refractivity contribution in [1.82, 2.24) is 15.1 Å². The van der Waals surface area contributed by atoms with E-state index in [1.54, 1.807) is 6.26 Å². The van der Waals surface area contributed by atoms with Crippen LogP contribution in [0.4, 0.5) is 0 Å². The number of aromatic nitrogens is 2. The standard InChI is InChI=1S/C17H25N3O2/c1-13(7-8-15-5-3-9-21-15)19-16-6-4-10-22-17(16)14-11-18-20(2)12-14/h3,5,9,11-13,16-17,19H,4,6-8,10H2,1-2H3/t13-,16-,17+/m0/s1. The molecule has 0 bridgehead atoms. The summed E-state index contributed by atoms with van der Waals surface area (Å²) >= 11 is 0. The van der Waals surface area contributed by atoms with Crippen LogP contribution in [0.3, 0.4) is 0 Å². The highest BCUT2D eigenvalue weighted by Gasteiger charge is 2.29. The summed E-state index contributed by atoms with van der Waals surface area (Å²) in [5, 5.41) is 8.01. The molecule has 1 fully saturated rings. The maximum Gasteiger partial charge on any atom is 0.103 e. The van der Waals surface area contributed by atoms with Gasteiger partial charge in [0, 0.05) is 43.9 Å². The Morgan fingerprint density at radius 3 is 3.14 bits per heavy atom. The van der Waals surface area contributed by atoms with Crippen molar-refractivity contribution in [2.45, 2.75) is 50.8 Å². The second kappa shape index (κ2) is 7.11. The highest BCUT2D eigenvalue weighted by molar-refractivity contribution is 5.12. The third-order valence-corrected chi connectivity index (χ3v) is 4.28. The van der Waals surface area contributed by atoms with E-state index in [4.69, 9.17) is 9.15 Å². The SMILES string of the molecule is C[C@@H](CCc1ccco1)N[C@H]1CCCO[C@@H]1c1cnn(C)c1. The molecule has 0 spiro atoms. The van der Waals surface area contributed by atoms with Gasteiger partial charge in [-0.1, -0.05) is 0 Å². The first-order chi connectivity index (χ1) is 10.7. The van der Waals surface area contributed by atoms with Gasteiger partial charge >= 0.3 is 0 Å². The molecule has 3 heterocycles. The predicted molar refractivity (Wildman–Crippen MR) is 84.5 cm³/mol. The molecule has 22 heavy (non-hydrogen) atoms. The average molecular weight is 303 g/mol. The fourth-order valence-corrected chi connectivity index (χ4v) is 3.13. The van der Waals surface area contributed by atoms with Gasteiger partial charge in [0.2, 0.25) is 0 Å². The van der Waals surface area contributed by atoms with Crippen molar-refractivity contribution >= 4 is 0 Å².